The monoisotopic (exact) mass is 759 g/mol. The van der Waals surface area contributed by atoms with E-state index >= 15 is 0 Å². The van der Waals surface area contributed by atoms with Crippen LogP contribution in [0.25, 0.3) is 0 Å². The fourth-order valence-electron chi connectivity index (χ4n) is 4.08. The van der Waals surface area contributed by atoms with Crippen molar-refractivity contribution in [2.75, 3.05) is 0 Å². The molecular weight excluding hydrogens is 677 g/mol. The van der Waals surface area contributed by atoms with Crippen LogP contribution in [0.5, 0.6) is 0 Å². The van der Waals surface area contributed by atoms with E-state index in [0.717, 1.165) is 17.3 Å². The lowest BCUT2D eigenvalue weighted by molar-refractivity contribution is 0.303. The van der Waals surface area contributed by atoms with Crippen LogP contribution in [0.4, 0.5) is 0 Å². The molecular formula is C40H82N14. The van der Waals surface area contributed by atoms with Gasteiger partial charge in [-0.25, -0.2) is 14.0 Å². The summed E-state index contributed by atoms with van der Waals surface area (Å²) < 4.78 is 5.79. The van der Waals surface area contributed by atoms with Crippen molar-refractivity contribution in [3.05, 3.63) is 35.4 Å². The first-order valence-corrected chi connectivity index (χ1v) is 18.3. The molecule has 4 heterocycles. The Hall–Kier alpha value is -3.58. The van der Waals surface area contributed by atoms with Crippen molar-refractivity contribution in [2.24, 2.45) is 0 Å². The molecule has 0 saturated heterocycles. The van der Waals surface area contributed by atoms with Gasteiger partial charge in [-0.05, 0) is 98.7 Å². The van der Waals surface area contributed by atoms with Gasteiger partial charge in [0.15, 0.2) is 11.6 Å². The third kappa shape index (κ3) is 16.0. The largest absolute Gasteiger partial charge is 0.247 e. The molecule has 4 aromatic rings. The fraction of sp³-hybridized carbons (Fsp3) is 0.850. The molecule has 0 amide bonds. The molecule has 0 unspecified atom stereocenters. The van der Waals surface area contributed by atoms with E-state index in [2.05, 4.69) is 218 Å². The summed E-state index contributed by atoms with van der Waals surface area (Å²) in [4.78, 5) is 1.66. The highest BCUT2D eigenvalue weighted by Crippen LogP contribution is 2.26. The first kappa shape index (κ1) is 52.5. The Morgan fingerprint density at radius 3 is 1.20 bits per heavy atom. The van der Waals surface area contributed by atoms with Gasteiger partial charge in [-0.1, -0.05) is 108 Å². The second kappa shape index (κ2) is 17.9. The summed E-state index contributed by atoms with van der Waals surface area (Å²) in [6.45, 7) is 50.8. The van der Waals surface area contributed by atoms with Gasteiger partial charge in [0, 0.05) is 27.9 Å². The lowest BCUT2D eigenvalue weighted by Crippen LogP contribution is -2.30. The molecule has 14 heteroatoms. The Kier molecular flexibility index (Phi) is 17.4. The van der Waals surface area contributed by atoms with Gasteiger partial charge < -0.3 is 0 Å². The van der Waals surface area contributed by atoms with Gasteiger partial charge in [-0.2, -0.15) is 4.80 Å². The second-order valence-electron chi connectivity index (χ2n) is 21.6. The summed E-state index contributed by atoms with van der Waals surface area (Å²) in [7, 11) is 0. The van der Waals surface area contributed by atoms with E-state index in [-0.39, 0.29) is 58.7 Å². The fourth-order valence-corrected chi connectivity index (χ4v) is 4.08. The van der Waals surface area contributed by atoms with Crippen molar-refractivity contribution in [1.29, 1.82) is 0 Å². The van der Waals surface area contributed by atoms with Crippen LogP contribution in [-0.2, 0) is 43.8 Å². The van der Waals surface area contributed by atoms with E-state index in [4.69, 9.17) is 0 Å². The minimum Gasteiger partial charge on any atom is -0.247 e. The van der Waals surface area contributed by atoms with Gasteiger partial charge in [-0.3, -0.25) is 0 Å². The number of aromatic nitrogens is 14. The molecule has 312 valence electrons. The van der Waals surface area contributed by atoms with Crippen molar-refractivity contribution in [2.45, 2.75) is 225 Å². The van der Waals surface area contributed by atoms with Crippen molar-refractivity contribution in [1.82, 2.24) is 70.4 Å². The van der Waals surface area contributed by atoms with Gasteiger partial charge in [0.1, 0.15) is 0 Å². The highest BCUT2D eigenvalue weighted by atomic mass is 15.6. The van der Waals surface area contributed by atoms with E-state index in [1.165, 1.54) is 5.69 Å². The maximum absolute atomic E-state index is 4.35. The lowest BCUT2D eigenvalue weighted by Gasteiger charge is -2.27. The molecule has 0 aliphatic carbocycles. The van der Waals surface area contributed by atoms with Crippen molar-refractivity contribution in [3.8, 4) is 0 Å². The average Bonchev–Trinajstić information content (AvgIpc) is 3.72. The van der Waals surface area contributed by atoms with Crippen LogP contribution in [0, 0.1) is 0 Å². The highest BCUT2D eigenvalue weighted by Gasteiger charge is 2.28. The van der Waals surface area contributed by atoms with Crippen molar-refractivity contribution in [3.63, 3.8) is 0 Å². The van der Waals surface area contributed by atoms with Gasteiger partial charge in [0.2, 0.25) is 0 Å². The number of hydrogen-bond donors (Lipinski definition) is 0. The molecule has 0 fully saturated rings. The molecule has 54 heavy (non-hydrogen) atoms. The summed E-state index contributed by atoms with van der Waals surface area (Å²) in [5.74, 6) is 1.72. The molecule has 0 radical (unpaired) electrons. The minimum absolute atomic E-state index is 0. The van der Waals surface area contributed by atoms with Crippen LogP contribution in [0.2, 0.25) is 0 Å². The molecule has 0 aliphatic heterocycles. The zero-order valence-electron chi connectivity index (χ0n) is 37.4. The predicted octanol–water partition coefficient (Wildman–Crippen LogP) is 9.38. The molecule has 0 bridgehead atoms. The first-order valence-electron chi connectivity index (χ1n) is 18.3. The van der Waals surface area contributed by atoms with E-state index in [1.54, 1.807) is 4.80 Å². The maximum Gasteiger partial charge on any atom is 0.180 e. The van der Waals surface area contributed by atoms with E-state index in [1.807, 2.05) is 26.4 Å². The Balaban J connectivity index is 0. The molecule has 4 aromatic heterocycles. The van der Waals surface area contributed by atoms with Gasteiger partial charge in [0.05, 0.1) is 39.7 Å². The zero-order valence-corrected chi connectivity index (χ0v) is 37.4. The van der Waals surface area contributed by atoms with Gasteiger partial charge in [-0.15, -0.1) is 25.5 Å². The Bertz CT molecular complexity index is 1410. The van der Waals surface area contributed by atoms with Crippen molar-refractivity contribution >= 4 is 0 Å². The molecule has 4 rings (SSSR count). The summed E-state index contributed by atoms with van der Waals surface area (Å²) >= 11 is 0. The van der Waals surface area contributed by atoms with Crippen LogP contribution in [-0.4, -0.2) is 70.4 Å². The van der Waals surface area contributed by atoms with Crippen molar-refractivity contribution < 1.29 is 0 Å². The quantitative estimate of drug-likeness (QED) is 0.170. The van der Waals surface area contributed by atoms with Crippen LogP contribution in [0.3, 0.4) is 0 Å². The van der Waals surface area contributed by atoms with Gasteiger partial charge >= 0.3 is 0 Å². The Labute approximate surface area is 330 Å². The third-order valence-corrected chi connectivity index (χ3v) is 7.36. The third-order valence-electron chi connectivity index (χ3n) is 7.36. The average molecular weight is 759 g/mol. The summed E-state index contributed by atoms with van der Waals surface area (Å²) in [6.07, 6.45) is 3.88. The van der Waals surface area contributed by atoms with E-state index in [0.29, 0.717) is 0 Å². The summed E-state index contributed by atoms with van der Waals surface area (Å²) in [5, 5.41) is 40.6. The minimum atomic E-state index is -0.0868. The predicted molar refractivity (Wildman–Crippen MR) is 224 cm³/mol. The molecule has 0 N–H and O–H groups in total. The normalized spacial score (nSPS) is 12.9. The topological polar surface area (TPSA) is 149 Å². The Morgan fingerprint density at radius 2 is 0.944 bits per heavy atom. The molecule has 0 saturated carbocycles. The molecule has 0 spiro atoms. The number of hydrogen-bond acceptors (Lipinski definition) is 10. The lowest BCUT2D eigenvalue weighted by atomic mass is 9.91. The number of tetrazole rings is 2. The van der Waals surface area contributed by atoms with Crippen LogP contribution >= 0.6 is 0 Å². The van der Waals surface area contributed by atoms with Gasteiger partial charge in [0.25, 0.3) is 0 Å². The SMILES string of the molecule is C.C.CC(C)(C)c1cn(C(C)(C)C)nn1.CC(C)(C)c1cnnn1C(C)(C)C.CC(C)(C)c1nnn(C(C)(C)C)n1.CC(C)(C)c1nnnn1C(C)(C)C. The van der Waals surface area contributed by atoms with Crippen LogP contribution in [0.1, 0.15) is 204 Å². The number of nitrogens with zero attached hydrogens (tertiary/aromatic N) is 14. The maximum atomic E-state index is 4.35. The zero-order chi connectivity index (χ0) is 41.1. The molecule has 14 nitrogen and oxygen atoms in total. The standard InChI is InChI=1S/2C10H19N3.2C9H18N4.2CH4/c1-9(2,3)8-7-13(12-11-8)10(4,5)6;1-9(2,3)8-7-11-12-13(8)10(4,5)6;1-8(2,3)7-10-11-12-13(7)9(4,5)6;1-8(2,3)7-10-12-13(11-7)9(4,5)6;;/h2*7H,1-6H3;2*1-6H3;2*1H4. The number of rotatable bonds is 0. The summed E-state index contributed by atoms with van der Waals surface area (Å²) in [5.41, 5.74) is 2.29. The smallest absolute Gasteiger partial charge is 0.180 e. The molecule has 0 atom stereocenters. The molecule has 0 aromatic carbocycles. The summed E-state index contributed by atoms with van der Waals surface area (Å²) in [6, 6.07) is 0. The van der Waals surface area contributed by atoms with E-state index in [9.17, 15) is 0 Å². The highest BCUT2D eigenvalue weighted by molar-refractivity contribution is 5.10. The van der Waals surface area contributed by atoms with Crippen LogP contribution < -0.4 is 0 Å². The van der Waals surface area contributed by atoms with E-state index < -0.39 is 0 Å². The second-order valence-corrected chi connectivity index (χ2v) is 21.6. The molecule has 0 aliphatic rings. The first-order chi connectivity index (χ1) is 22.9. The van der Waals surface area contributed by atoms with Crippen LogP contribution in [0.15, 0.2) is 12.4 Å². The Morgan fingerprint density at radius 1 is 0.444 bits per heavy atom.